The van der Waals surface area contributed by atoms with Gasteiger partial charge in [0, 0.05) is 6.04 Å². The molecule has 0 aromatic heterocycles. The van der Waals surface area contributed by atoms with Crippen molar-refractivity contribution < 1.29 is 0 Å². The molecule has 0 amide bonds. The number of aryl methyl sites for hydroxylation is 1. The molecule has 88 valence electrons. The predicted molar refractivity (Wildman–Crippen MR) is 73.8 cm³/mol. The van der Waals surface area contributed by atoms with E-state index < -0.39 is 0 Å². The molecule has 0 heterocycles. The van der Waals surface area contributed by atoms with E-state index in [2.05, 4.69) is 55.5 Å². The Bertz CT molecular complexity index is 460. The minimum absolute atomic E-state index is 0.263. The van der Waals surface area contributed by atoms with E-state index in [-0.39, 0.29) is 6.04 Å². The molecule has 0 aliphatic heterocycles. The molecule has 0 saturated carbocycles. The Morgan fingerprint density at radius 1 is 0.941 bits per heavy atom. The van der Waals surface area contributed by atoms with Crippen molar-refractivity contribution in [2.75, 3.05) is 0 Å². The van der Waals surface area contributed by atoms with Crippen LogP contribution in [0.1, 0.15) is 18.9 Å². The minimum atomic E-state index is 0.263. The van der Waals surface area contributed by atoms with Gasteiger partial charge in [0.05, 0.1) is 0 Å². The van der Waals surface area contributed by atoms with Crippen molar-refractivity contribution in [1.29, 1.82) is 0 Å². The van der Waals surface area contributed by atoms with Crippen LogP contribution < -0.4 is 5.73 Å². The zero-order valence-electron chi connectivity index (χ0n) is 10.3. The van der Waals surface area contributed by atoms with Crippen LogP contribution in [0.3, 0.4) is 0 Å². The molecule has 1 heteroatoms. The summed E-state index contributed by atoms with van der Waals surface area (Å²) in [5.41, 5.74) is 9.83. The average Bonchev–Trinajstić information content (AvgIpc) is 2.38. The molecule has 1 unspecified atom stereocenters. The second-order valence-corrected chi connectivity index (χ2v) is 4.54. The molecule has 2 rings (SSSR count). The van der Waals surface area contributed by atoms with Gasteiger partial charge >= 0.3 is 0 Å². The highest BCUT2D eigenvalue weighted by Gasteiger charge is 2.04. The van der Waals surface area contributed by atoms with Crippen LogP contribution in [-0.4, -0.2) is 6.04 Å². The summed E-state index contributed by atoms with van der Waals surface area (Å²) >= 11 is 0. The maximum Gasteiger partial charge on any atom is 0.00136 e. The van der Waals surface area contributed by atoms with Gasteiger partial charge in [-0.2, -0.15) is 0 Å². The molecule has 0 fully saturated rings. The van der Waals surface area contributed by atoms with E-state index in [9.17, 15) is 0 Å². The quantitative estimate of drug-likeness (QED) is 0.844. The number of benzene rings is 2. The summed E-state index contributed by atoms with van der Waals surface area (Å²) in [6.07, 6.45) is 2.08. The van der Waals surface area contributed by atoms with Gasteiger partial charge in [0.1, 0.15) is 0 Å². The van der Waals surface area contributed by atoms with Crippen LogP contribution in [-0.2, 0) is 6.42 Å². The lowest BCUT2D eigenvalue weighted by molar-refractivity contribution is 0.666. The first-order valence-corrected chi connectivity index (χ1v) is 6.16. The molecule has 0 bridgehead atoms. The van der Waals surface area contributed by atoms with Gasteiger partial charge in [0.15, 0.2) is 0 Å². The third kappa shape index (κ3) is 3.18. The summed E-state index contributed by atoms with van der Waals surface area (Å²) in [7, 11) is 0. The third-order valence-electron chi connectivity index (χ3n) is 2.97. The van der Waals surface area contributed by atoms with Gasteiger partial charge in [-0.15, -0.1) is 0 Å². The molecule has 0 radical (unpaired) electrons. The van der Waals surface area contributed by atoms with E-state index >= 15 is 0 Å². The van der Waals surface area contributed by atoms with E-state index in [4.69, 9.17) is 5.73 Å². The lowest BCUT2D eigenvalue weighted by Gasteiger charge is -2.11. The fourth-order valence-corrected chi connectivity index (χ4v) is 2.02. The number of hydrogen-bond acceptors (Lipinski definition) is 1. The first kappa shape index (κ1) is 11.9. The van der Waals surface area contributed by atoms with Crippen LogP contribution in [0.15, 0.2) is 54.6 Å². The maximum absolute atomic E-state index is 5.83. The first-order valence-electron chi connectivity index (χ1n) is 6.16. The van der Waals surface area contributed by atoms with Crippen LogP contribution in [0.5, 0.6) is 0 Å². The average molecular weight is 225 g/mol. The standard InChI is InChI=1S/C16H19N/c1-13(17)11-12-15-9-5-6-10-16(15)14-7-3-2-4-8-14/h2-10,13H,11-12,17H2,1H3. The highest BCUT2D eigenvalue weighted by molar-refractivity contribution is 5.67. The zero-order valence-corrected chi connectivity index (χ0v) is 10.3. The van der Waals surface area contributed by atoms with Gasteiger partial charge in [-0.3, -0.25) is 0 Å². The lowest BCUT2D eigenvalue weighted by Crippen LogP contribution is -2.15. The topological polar surface area (TPSA) is 26.0 Å². The Balaban J connectivity index is 2.28. The van der Waals surface area contributed by atoms with Crippen molar-refractivity contribution in [1.82, 2.24) is 0 Å². The fraction of sp³-hybridized carbons (Fsp3) is 0.250. The maximum atomic E-state index is 5.83. The van der Waals surface area contributed by atoms with Crippen molar-refractivity contribution in [3.8, 4) is 11.1 Å². The number of hydrogen-bond donors (Lipinski definition) is 1. The van der Waals surface area contributed by atoms with Gasteiger partial charge < -0.3 is 5.73 Å². The van der Waals surface area contributed by atoms with E-state index in [1.807, 2.05) is 6.07 Å². The van der Waals surface area contributed by atoms with Gasteiger partial charge in [0.25, 0.3) is 0 Å². The minimum Gasteiger partial charge on any atom is -0.328 e. The van der Waals surface area contributed by atoms with Crippen molar-refractivity contribution in [3.63, 3.8) is 0 Å². The van der Waals surface area contributed by atoms with E-state index in [0.29, 0.717) is 0 Å². The molecular formula is C16H19N. The Labute approximate surface area is 103 Å². The van der Waals surface area contributed by atoms with Gasteiger partial charge in [-0.25, -0.2) is 0 Å². The highest BCUT2D eigenvalue weighted by atomic mass is 14.6. The molecule has 2 aromatic carbocycles. The Hall–Kier alpha value is -1.60. The normalized spacial score (nSPS) is 12.4. The van der Waals surface area contributed by atoms with Crippen molar-refractivity contribution in [3.05, 3.63) is 60.2 Å². The highest BCUT2D eigenvalue weighted by Crippen LogP contribution is 2.24. The summed E-state index contributed by atoms with van der Waals surface area (Å²) in [4.78, 5) is 0. The molecule has 17 heavy (non-hydrogen) atoms. The monoisotopic (exact) mass is 225 g/mol. The number of rotatable bonds is 4. The molecule has 0 aliphatic rings. The second-order valence-electron chi connectivity index (χ2n) is 4.54. The van der Waals surface area contributed by atoms with Crippen LogP contribution in [0.2, 0.25) is 0 Å². The predicted octanol–water partition coefficient (Wildman–Crippen LogP) is 3.63. The molecule has 1 atom stereocenters. The smallest absolute Gasteiger partial charge is 0.00136 e. The molecule has 0 spiro atoms. The second kappa shape index (κ2) is 5.65. The summed E-state index contributed by atoms with van der Waals surface area (Å²) in [6, 6.07) is 19.4. The van der Waals surface area contributed by atoms with Gasteiger partial charge in [-0.1, -0.05) is 54.6 Å². The van der Waals surface area contributed by atoms with E-state index in [1.165, 1.54) is 16.7 Å². The van der Waals surface area contributed by atoms with Gasteiger partial charge in [0.2, 0.25) is 0 Å². The summed E-state index contributed by atoms with van der Waals surface area (Å²) in [5, 5.41) is 0. The first-order chi connectivity index (χ1) is 8.27. The summed E-state index contributed by atoms with van der Waals surface area (Å²) < 4.78 is 0. The molecule has 2 N–H and O–H groups in total. The molecule has 0 aliphatic carbocycles. The third-order valence-corrected chi connectivity index (χ3v) is 2.97. The van der Waals surface area contributed by atoms with Crippen LogP contribution >= 0.6 is 0 Å². The molecule has 0 saturated heterocycles. The Morgan fingerprint density at radius 3 is 2.29 bits per heavy atom. The van der Waals surface area contributed by atoms with Crippen molar-refractivity contribution >= 4 is 0 Å². The SMILES string of the molecule is CC(N)CCc1ccccc1-c1ccccc1. The van der Waals surface area contributed by atoms with Crippen LogP contribution in [0, 0.1) is 0 Å². The van der Waals surface area contributed by atoms with Crippen LogP contribution in [0.25, 0.3) is 11.1 Å². The van der Waals surface area contributed by atoms with E-state index in [1.54, 1.807) is 0 Å². The molecule has 1 nitrogen and oxygen atoms in total. The molecular weight excluding hydrogens is 206 g/mol. The Morgan fingerprint density at radius 2 is 1.59 bits per heavy atom. The zero-order chi connectivity index (χ0) is 12.1. The van der Waals surface area contributed by atoms with Crippen molar-refractivity contribution in [2.45, 2.75) is 25.8 Å². The van der Waals surface area contributed by atoms with Crippen molar-refractivity contribution in [2.24, 2.45) is 5.73 Å². The summed E-state index contributed by atoms with van der Waals surface area (Å²) in [5.74, 6) is 0. The van der Waals surface area contributed by atoms with Crippen LogP contribution in [0.4, 0.5) is 0 Å². The number of nitrogens with two attached hydrogens (primary N) is 1. The van der Waals surface area contributed by atoms with Gasteiger partial charge in [-0.05, 0) is 36.5 Å². The fourth-order valence-electron chi connectivity index (χ4n) is 2.02. The lowest BCUT2D eigenvalue weighted by atomic mass is 9.96. The largest absolute Gasteiger partial charge is 0.328 e. The Kier molecular flexibility index (Phi) is 3.94. The molecule has 2 aromatic rings. The van der Waals surface area contributed by atoms with E-state index in [0.717, 1.165) is 12.8 Å². The summed E-state index contributed by atoms with van der Waals surface area (Å²) in [6.45, 7) is 2.06.